The van der Waals surface area contributed by atoms with Gasteiger partial charge in [-0.25, -0.2) is 19.0 Å². The lowest BCUT2D eigenvalue weighted by Gasteiger charge is -2.23. The predicted molar refractivity (Wildman–Crippen MR) is 130 cm³/mol. The molecule has 4 aromatic rings. The van der Waals surface area contributed by atoms with Crippen molar-refractivity contribution in [3.05, 3.63) is 65.7 Å². The molecule has 2 aromatic heterocycles. The van der Waals surface area contributed by atoms with Crippen molar-refractivity contribution in [1.29, 1.82) is 0 Å². The molecular weight excluding hydrogens is 449 g/mol. The molecule has 4 N–H and O–H groups in total. The first kappa shape index (κ1) is 22.7. The van der Waals surface area contributed by atoms with Crippen LogP contribution in [0.3, 0.4) is 0 Å². The summed E-state index contributed by atoms with van der Waals surface area (Å²) in [5, 5.41) is 11.8. The number of carbonyl (C=O) groups is 1. The van der Waals surface area contributed by atoms with Crippen LogP contribution in [0.5, 0.6) is 5.75 Å². The van der Waals surface area contributed by atoms with E-state index in [4.69, 9.17) is 15.6 Å². The summed E-state index contributed by atoms with van der Waals surface area (Å²) in [5.41, 5.74) is 9.27. The second-order valence-corrected chi connectivity index (χ2v) is 8.45. The van der Waals surface area contributed by atoms with E-state index in [0.717, 1.165) is 53.8 Å². The lowest BCUT2D eigenvalue weighted by molar-refractivity contribution is 0.0943. The van der Waals surface area contributed by atoms with Gasteiger partial charge in [0.2, 0.25) is 0 Å². The molecule has 2 aromatic carbocycles. The number of nitrogens with two attached hydrogens (primary N) is 1. The molecule has 0 unspecified atom stereocenters. The van der Waals surface area contributed by atoms with Crippen molar-refractivity contribution in [2.24, 2.45) is 0 Å². The van der Waals surface area contributed by atoms with Crippen molar-refractivity contribution in [3.8, 4) is 17.0 Å². The zero-order valence-corrected chi connectivity index (χ0v) is 19.3. The second-order valence-electron chi connectivity index (χ2n) is 8.45. The highest BCUT2D eigenvalue weighted by Gasteiger charge is 2.23. The minimum Gasteiger partial charge on any atom is -0.496 e. The molecule has 0 aliphatic carbocycles. The summed E-state index contributed by atoms with van der Waals surface area (Å²) in [7, 11) is 1.40. The van der Waals surface area contributed by atoms with Crippen molar-refractivity contribution in [2.45, 2.75) is 25.4 Å². The number of fused-ring (bicyclic) bond motifs is 1. The summed E-state index contributed by atoms with van der Waals surface area (Å²) in [6.07, 6.45) is 3.55. The van der Waals surface area contributed by atoms with Crippen LogP contribution >= 0.6 is 0 Å². The number of hydrogen-bond acceptors (Lipinski definition) is 7. The van der Waals surface area contributed by atoms with Crippen molar-refractivity contribution in [2.75, 3.05) is 25.9 Å². The quantitative estimate of drug-likeness (QED) is 0.392. The first-order valence-corrected chi connectivity index (χ1v) is 11.5. The van der Waals surface area contributed by atoms with Crippen molar-refractivity contribution >= 4 is 22.8 Å². The molecule has 5 rings (SSSR count). The number of nitrogen functional groups attached to an aromatic ring is 1. The van der Waals surface area contributed by atoms with Gasteiger partial charge in [0.05, 0.1) is 18.5 Å². The largest absolute Gasteiger partial charge is 0.496 e. The van der Waals surface area contributed by atoms with E-state index >= 15 is 0 Å². The fourth-order valence-corrected chi connectivity index (χ4v) is 4.44. The number of anilines is 1. The van der Waals surface area contributed by atoms with Crippen LogP contribution < -0.4 is 21.1 Å². The number of carbonyl (C=O) groups excluding carboxylic acids is 1. The second kappa shape index (κ2) is 9.67. The SMILES string of the molecule is COc1cccc(F)c1C(=O)NCc1ccc(-c2nn([C@@H]3CCCNC3)c3ncnc(N)c23)cc1. The first-order valence-electron chi connectivity index (χ1n) is 11.5. The highest BCUT2D eigenvalue weighted by Crippen LogP contribution is 2.33. The number of benzene rings is 2. The molecule has 1 saturated heterocycles. The van der Waals surface area contributed by atoms with E-state index in [2.05, 4.69) is 20.6 Å². The Morgan fingerprint density at radius 1 is 1.26 bits per heavy atom. The summed E-state index contributed by atoms with van der Waals surface area (Å²) in [6, 6.07) is 12.1. The topological polar surface area (TPSA) is 120 Å². The molecule has 9 nitrogen and oxygen atoms in total. The summed E-state index contributed by atoms with van der Waals surface area (Å²) >= 11 is 0. The smallest absolute Gasteiger partial charge is 0.258 e. The highest BCUT2D eigenvalue weighted by molar-refractivity contribution is 5.98. The number of nitrogens with one attached hydrogen (secondary N) is 2. The van der Waals surface area contributed by atoms with Gasteiger partial charge in [-0.15, -0.1) is 0 Å². The normalized spacial score (nSPS) is 15.8. The van der Waals surface area contributed by atoms with E-state index in [1.54, 1.807) is 6.07 Å². The minimum absolute atomic E-state index is 0.115. The van der Waals surface area contributed by atoms with Crippen LogP contribution in [-0.2, 0) is 6.54 Å². The Labute approximate surface area is 201 Å². The van der Waals surface area contributed by atoms with Gasteiger partial charge < -0.3 is 21.1 Å². The standard InChI is InChI=1S/C25H26FN7O2/c1-35-19-6-2-5-18(26)20(19)25(34)29-12-15-7-9-16(10-8-15)22-21-23(27)30-14-31-24(21)33(32-22)17-4-3-11-28-13-17/h2,5-10,14,17,28H,3-4,11-13H2,1H3,(H,29,34)(H2,27,30,31)/t17-/m1/s1. The summed E-state index contributed by atoms with van der Waals surface area (Å²) in [5.74, 6) is -0.601. The van der Waals surface area contributed by atoms with Crippen LogP contribution in [0.15, 0.2) is 48.8 Å². The third kappa shape index (κ3) is 4.40. The summed E-state index contributed by atoms with van der Waals surface area (Å²) in [4.78, 5) is 21.2. The molecule has 0 spiro atoms. The average Bonchev–Trinajstić information content (AvgIpc) is 3.29. The van der Waals surface area contributed by atoms with Gasteiger partial charge in [0.15, 0.2) is 5.65 Å². The number of methoxy groups -OCH3 is 1. The summed E-state index contributed by atoms with van der Waals surface area (Å²) < 4.78 is 21.2. The van der Waals surface area contributed by atoms with Gasteiger partial charge in [0, 0.05) is 18.7 Å². The molecule has 1 aliphatic rings. The van der Waals surface area contributed by atoms with Crippen molar-refractivity contribution in [3.63, 3.8) is 0 Å². The number of halogens is 1. The molecule has 0 bridgehead atoms. The number of aromatic nitrogens is 4. The molecule has 1 amide bonds. The Balaban J connectivity index is 1.38. The van der Waals surface area contributed by atoms with Crippen LogP contribution in [0, 0.1) is 5.82 Å². The maximum absolute atomic E-state index is 14.2. The Kier molecular flexibility index (Phi) is 6.28. The van der Waals surface area contributed by atoms with Crippen LogP contribution in [0.1, 0.15) is 34.8 Å². The van der Waals surface area contributed by atoms with E-state index in [9.17, 15) is 9.18 Å². The van der Waals surface area contributed by atoms with Gasteiger partial charge in [0.25, 0.3) is 5.91 Å². The van der Waals surface area contributed by atoms with Gasteiger partial charge in [-0.2, -0.15) is 5.10 Å². The first-order chi connectivity index (χ1) is 17.1. The Morgan fingerprint density at radius 2 is 2.09 bits per heavy atom. The molecule has 1 fully saturated rings. The molecule has 10 heteroatoms. The molecule has 35 heavy (non-hydrogen) atoms. The third-order valence-corrected chi connectivity index (χ3v) is 6.24. The van der Waals surface area contributed by atoms with E-state index in [1.165, 1.54) is 25.6 Å². The third-order valence-electron chi connectivity index (χ3n) is 6.24. The van der Waals surface area contributed by atoms with Crippen molar-refractivity contribution < 1.29 is 13.9 Å². The fraction of sp³-hybridized carbons (Fsp3) is 0.280. The number of amides is 1. The number of rotatable bonds is 6. The Hall–Kier alpha value is -4.05. The molecule has 0 radical (unpaired) electrons. The average molecular weight is 476 g/mol. The van der Waals surface area contributed by atoms with E-state index in [-0.39, 0.29) is 23.9 Å². The zero-order chi connectivity index (χ0) is 24.4. The Morgan fingerprint density at radius 3 is 2.83 bits per heavy atom. The van der Waals surface area contributed by atoms with Gasteiger partial charge in [-0.1, -0.05) is 30.3 Å². The van der Waals surface area contributed by atoms with Gasteiger partial charge in [0.1, 0.15) is 35.0 Å². The molecule has 0 saturated carbocycles. The molecule has 1 aliphatic heterocycles. The van der Waals surface area contributed by atoms with Gasteiger partial charge in [-0.3, -0.25) is 4.79 Å². The van der Waals surface area contributed by atoms with Crippen LogP contribution in [0.2, 0.25) is 0 Å². The van der Waals surface area contributed by atoms with Gasteiger partial charge in [-0.05, 0) is 37.1 Å². The maximum atomic E-state index is 14.2. The number of hydrogen-bond donors (Lipinski definition) is 3. The minimum atomic E-state index is -0.632. The van der Waals surface area contributed by atoms with E-state index in [1.807, 2.05) is 28.9 Å². The van der Waals surface area contributed by atoms with Crippen molar-refractivity contribution in [1.82, 2.24) is 30.4 Å². The lowest BCUT2D eigenvalue weighted by atomic mass is 10.1. The number of nitrogens with zero attached hydrogens (tertiary/aromatic N) is 4. The molecule has 3 heterocycles. The number of ether oxygens (including phenoxy) is 1. The zero-order valence-electron chi connectivity index (χ0n) is 19.3. The summed E-state index contributed by atoms with van der Waals surface area (Å²) in [6.45, 7) is 2.05. The predicted octanol–water partition coefficient (Wildman–Crippen LogP) is 3.08. The lowest BCUT2D eigenvalue weighted by Crippen LogP contribution is -2.32. The fourth-order valence-electron chi connectivity index (χ4n) is 4.44. The number of piperidine rings is 1. The van der Waals surface area contributed by atoms with E-state index in [0.29, 0.717) is 5.82 Å². The van der Waals surface area contributed by atoms with Gasteiger partial charge >= 0.3 is 0 Å². The van der Waals surface area contributed by atoms with Crippen LogP contribution in [-0.4, -0.2) is 45.9 Å². The van der Waals surface area contributed by atoms with Crippen LogP contribution in [0.25, 0.3) is 22.3 Å². The Bertz CT molecular complexity index is 1360. The monoisotopic (exact) mass is 475 g/mol. The maximum Gasteiger partial charge on any atom is 0.258 e. The molecular formula is C25H26FN7O2. The molecule has 1 atom stereocenters. The molecule has 180 valence electrons. The highest BCUT2D eigenvalue weighted by atomic mass is 19.1. The van der Waals surface area contributed by atoms with E-state index < -0.39 is 11.7 Å². The van der Waals surface area contributed by atoms with Crippen LogP contribution in [0.4, 0.5) is 10.2 Å².